The fourth-order valence-corrected chi connectivity index (χ4v) is 2.34. The minimum Gasteiger partial charge on any atom is -0.469 e. The first-order chi connectivity index (χ1) is 10.8. The Hall–Kier alpha value is -2.41. The molecule has 1 aliphatic heterocycles. The fourth-order valence-electron chi connectivity index (χ4n) is 2.34. The van der Waals surface area contributed by atoms with Crippen molar-refractivity contribution in [2.75, 3.05) is 31.7 Å². The summed E-state index contributed by atoms with van der Waals surface area (Å²) in [6.07, 6.45) is -0.00369. The Balaban J connectivity index is 1.69. The third kappa shape index (κ3) is 3.25. The SMILES string of the molecule is COC(=O)CC1CN(c2noc(-c3ccccc3)n2)CCO1. The number of esters is 1. The van der Waals surface area contributed by atoms with Gasteiger partial charge in [0.1, 0.15) is 0 Å². The summed E-state index contributed by atoms with van der Waals surface area (Å²) in [5.74, 6) is 0.702. The first kappa shape index (κ1) is 14.5. The van der Waals surface area contributed by atoms with E-state index in [2.05, 4.69) is 14.9 Å². The number of carbonyl (C=O) groups excluding carboxylic acids is 1. The highest BCUT2D eigenvalue weighted by Gasteiger charge is 2.26. The van der Waals surface area contributed by atoms with E-state index in [1.165, 1.54) is 7.11 Å². The van der Waals surface area contributed by atoms with Crippen LogP contribution in [0, 0.1) is 0 Å². The van der Waals surface area contributed by atoms with Gasteiger partial charge in [0.15, 0.2) is 0 Å². The largest absolute Gasteiger partial charge is 0.469 e. The molecule has 116 valence electrons. The lowest BCUT2D eigenvalue weighted by molar-refractivity contribution is -0.144. The maximum atomic E-state index is 11.3. The van der Waals surface area contributed by atoms with Crippen LogP contribution in [0.2, 0.25) is 0 Å². The van der Waals surface area contributed by atoms with E-state index in [1.807, 2.05) is 35.2 Å². The van der Waals surface area contributed by atoms with Gasteiger partial charge in [0.25, 0.3) is 11.8 Å². The van der Waals surface area contributed by atoms with Gasteiger partial charge in [0, 0.05) is 18.7 Å². The molecular weight excluding hydrogens is 286 g/mol. The van der Waals surface area contributed by atoms with Crippen molar-refractivity contribution in [3.8, 4) is 11.5 Å². The molecule has 1 fully saturated rings. The van der Waals surface area contributed by atoms with Gasteiger partial charge in [-0.05, 0) is 17.3 Å². The van der Waals surface area contributed by atoms with Crippen LogP contribution in [0.15, 0.2) is 34.9 Å². The van der Waals surface area contributed by atoms with Crippen LogP contribution in [0.4, 0.5) is 5.95 Å². The molecule has 22 heavy (non-hydrogen) atoms. The molecule has 2 aromatic rings. The van der Waals surface area contributed by atoms with Crippen molar-refractivity contribution < 1.29 is 18.8 Å². The van der Waals surface area contributed by atoms with Crippen LogP contribution in [0.1, 0.15) is 6.42 Å². The van der Waals surface area contributed by atoms with Crippen molar-refractivity contribution in [1.82, 2.24) is 10.1 Å². The van der Waals surface area contributed by atoms with E-state index in [1.54, 1.807) is 0 Å². The smallest absolute Gasteiger partial charge is 0.308 e. The number of hydrogen-bond donors (Lipinski definition) is 0. The predicted octanol–water partition coefficient (Wildman–Crippen LogP) is 1.50. The topological polar surface area (TPSA) is 77.7 Å². The standard InChI is InChI=1S/C15H17N3O4/c1-20-13(19)9-12-10-18(7-8-21-12)15-16-14(22-17-15)11-5-3-2-4-6-11/h2-6,12H,7-10H2,1H3. The van der Waals surface area contributed by atoms with E-state index in [0.717, 1.165) is 5.56 Å². The number of hydrogen-bond acceptors (Lipinski definition) is 7. The molecule has 3 rings (SSSR count). The maximum absolute atomic E-state index is 11.3. The highest BCUT2D eigenvalue weighted by atomic mass is 16.5. The Morgan fingerprint density at radius 1 is 1.41 bits per heavy atom. The zero-order valence-corrected chi connectivity index (χ0v) is 12.3. The van der Waals surface area contributed by atoms with Crippen LogP contribution in [-0.2, 0) is 14.3 Å². The van der Waals surface area contributed by atoms with Crippen molar-refractivity contribution in [3.05, 3.63) is 30.3 Å². The summed E-state index contributed by atoms with van der Waals surface area (Å²) < 4.78 is 15.5. The lowest BCUT2D eigenvalue weighted by atomic mass is 10.2. The maximum Gasteiger partial charge on any atom is 0.308 e. The van der Waals surface area contributed by atoms with Crippen molar-refractivity contribution >= 4 is 11.9 Å². The van der Waals surface area contributed by atoms with Crippen molar-refractivity contribution in [1.29, 1.82) is 0 Å². The normalized spacial score (nSPS) is 18.2. The molecule has 0 N–H and O–H groups in total. The summed E-state index contributed by atoms with van der Waals surface area (Å²) in [6, 6.07) is 9.59. The van der Waals surface area contributed by atoms with E-state index in [4.69, 9.17) is 9.26 Å². The van der Waals surface area contributed by atoms with E-state index < -0.39 is 0 Å². The van der Waals surface area contributed by atoms with Gasteiger partial charge in [-0.2, -0.15) is 4.98 Å². The number of methoxy groups -OCH3 is 1. The van der Waals surface area contributed by atoms with Gasteiger partial charge in [0.05, 0.1) is 26.2 Å². The van der Waals surface area contributed by atoms with E-state index in [9.17, 15) is 4.79 Å². The molecule has 0 aliphatic carbocycles. The Bertz CT molecular complexity index is 629. The molecule has 7 heteroatoms. The van der Waals surface area contributed by atoms with Gasteiger partial charge < -0.3 is 18.9 Å². The molecule has 7 nitrogen and oxygen atoms in total. The number of morpholine rings is 1. The molecule has 0 radical (unpaired) electrons. The van der Waals surface area contributed by atoms with Crippen LogP contribution in [0.3, 0.4) is 0 Å². The average Bonchev–Trinajstić information content (AvgIpc) is 3.06. The first-order valence-electron chi connectivity index (χ1n) is 7.09. The molecule has 1 aromatic heterocycles. The zero-order valence-electron chi connectivity index (χ0n) is 12.3. The number of nitrogens with zero attached hydrogens (tertiary/aromatic N) is 3. The highest BCUT2D eigenvalue weighted by Crippen LogP contribution is 2.21. The Morgan fingerprint density at radius 2 is 2.23 bits per heavy atom. The Morgan fingerprint density at radius 3 is 3.00 bits per heavy atom. The molecule has 1 saturated heterocycles. The summed E-state index contributed by atoms with van der Waals surface area (Å²) >= 11 is 0. The van der Waals surface area contributed by atoms with E-state index in [-0.39, 0.29) is 18.5 Å². The minimum absolute atomic E-state index is 0.219. The number of rotatable bonds is 4. The summed E-state index contributed by atoms with van der Waals surface area (Å²) in [5, 5.41) is 4.02. The molecule has 0 amide bonds. The lowest BCUT2D eigenvalue weighted by Crippen LogP contribution is -2.44. The number of anilines is 1. The van der Waals surface area contributed by atoms with Gasteiger partial charge in [0.2, 0.25) is 0 Å². The van der Waals surface area contributed by atoms with Crippen LogP contribution in [0.25, 0.3) is 11.5 Å². The molecule has 2 heterocycles. The third-order valence-corrected chi connectivity index (χ3v) is 3.48. The quantitative estimate of drug-likeness (QED) is 0.792. The van der Waals surface area contributed by atoms with Crippen molar-refractivity contribution in [2.45, 2.75) is 12.5 Å². The van der Waals surface area contributed by atoms with Crippen molar-refractivity contribution in [3.63, 3.8) is 0 Å². The predicted molar refractivity (Wildman–Crippen MR) is 78.3 cm³/mol. The molecule has 1 atom stereocenters. The van der Waals surface area contributed by atoms with Crippen LogP contribution in [-0.4, -0.2) is 49.0 Å². The average molecular weight is 303 g/mol. The Labute approximate surface area is 127 Å². The summed E-state index contributed by atoms with van der Waals surface area (Å²) in [6.45, 7) is 1.70. The summed E-state index contributed by atoms with van der Waals surface area (Å²) in [5.41, 5.74) is 0.876. The van der Waals surface area contributed by atoms with Crippen molar-refractivity contribution in [2.24, 2.45) is 0 Å². The second-order valence-corrected chi connectivity index (χ2v) is 4.98. The second-order valence-electron chi connectivity index (χ2n) is 4.98. The number of carbonyl (C=O) groups is 1. The Kier molecular flexibility index (Phi) is 4.34. The van der Waals surface area contributed by atoms with Gasteiger partial charge >= 0.3 is 5.97 Å². The molecule has 1 aromatic carbocycles. The third-order valence-electron chi connectivity index (χ3n) is 3.48. The summed E-state index contributed by atoms with van der Waals surface area (Å²) in [4.78, 5) is 17.7. The number of ether oxygens (including phenoxy) is 2. The van der Waals surface area contributed by atoms with Crippen LogP contribution in [0.5, 0.6) is 0 Å². The first-order valence-corrected chi connectivity index (χ1v) is 7.09. The summed E-state index contributed by atoms with van der Waals surface area (Å²) in [7, 11) is 1.37. The number of benzene rings is 1. The van der Waals surface area contributed by atoms with Gasteiger partial charge in [-0.3, -0.25) is 4.79 Å². The molecule has 0 spiro atoms. The van der Waals surface area contributed by atoms with E-state index >= 15 is 0 Å². The lowest BCUT2D eigenvalue weighted by Gasteiger charge is -2.31. The monoisotopic (exact) mass is 303 g/mol. The molecule has 0 saturated carbocycles. The molecule has 1 unspecified atom stereocenters. The molecule has 0 bridgehead atoms. The van der Waals surface area contributed by atoms with E-state index in [0.29, 0.717) is 31.5 Å². The minimum atomic E-state index is -0.287. The highest BCUT2D eigenvalue weighted by molar-refractivity contribution is 5.69. The van der Waals surface area contributed by atoms with Crippen LogP contribution < -0.4 is 4.90 Å². The van der Waals surface area contributed by atoms with Gasteiger partial charge in [-0.15, -0.1) is 0 Å². The zero-order chi connectivity index (χ0) is 15.4. The fraction of sp³-hybridized carbons (Fsp3) is 0.400. The number of aromatic nitrogens is 2. The van der Waals surface area contributed by atoms with Gasteiger partial charge in [-0.25, -0.2) is 0 Å². The second kappa shape index (κ2) is 6.57. The van der Waals surface area contributed by atoms with Crippen LogP contribution >= 0.6 is 0 Å². The van der Waals surface area contributed by atoms with Gasteiger partial charge in [-0.1, -0.05) is 18.2 Å². The molecular formula is C15H17N3O4. The molecule has 1 aliphatic rings.